The Morgan fingerprint density at radius 1 is 1.50 bits per heavy atom. The van der Waals surface area contributed by atoms with Crippen molar-refractivity contribution in [2.45, 2.75) is 19.8 Å². The average molecular weight is 370 g/mol. The predicted molar refractivity (Wildman–Crippen MR) is 76.7 cm³/mol. The fourth-order valence-corrected chi connectivity index (χ4v) is 3.27. The van der Waals surface area contributed by atoms with Gasteiger partial charge in [0.2, 0.25) is 0 Å². The molecule has 1 aliphatic heterocycles. The van der Waals surface area contributed by atoms with Gasteiger partial charge in [-0.15, -0.1) is 17.0 Å². The van der Waals surface area contributed by atoms with Crippen molar-refractivity contribution in [3.63, 3.8) is 0 Å². The van der Waals surface area contributed by atoms with Crippen LogP contribution in [0.1, 0.15) is 28.2 Å². The predicted octanol–water partition coefficient (Wildman–Crippen LogP) is 3.21. The minimum atomic E-state index is 0. The number of halogens is 2. The summed E-state index contributed by atoms with van der Waals surface area (Å²) in [5, 5.41) is 1.39. The molecule has 0 bridgehead atoms. The normalized spacial score (nSPS) is 15.0. The van der Waals surface area contributed by atoms with Crippen LogP contribution in [0.2, 0.25) is 0 Å². The maximum atomic E-state index is 11.6. The van der Waals surface area contributed by atoms with Crippen molar-refractivity contribution in [2.75, 3.05) is 23.3 Å². The molecule has 6 heteroatoms. The number of ketones is 1. The van der Waals surface area contributed by atoms with Crippen molar-refractivity contribution in [3.8, 4) is 0 Å². The highest BCUT2D eigenvalue weighted by Crippen LogP contribution is 2.29. The number of alkyl halides is 1. The number of aromatic nitrogens is 1. The van der Waals surface area contributed by atoms with Gasteiger partial charge in [0.25, 0.3) is 0 Å². The highest BCUT2D eigenvalue weighted by Gasteiger charge is 2.20. The Morgan fingerprint density at radius 2 is 2.12 bits per heavy atom. The molecular weight excluding hydrogens is 356 g/mol. The smallest absolute Gasteiger partial charge is 0.186 e. The Labute approximate surface area is 118 Å². The van der Waals surface area contributed by atoms with E-state index in [9.17, 15) is 4.79 Å². The maximum Gasteiger partial charge on any atom is 0.186 e. The van der Waals surface area contributed by atoms with Crippen molar-refractivity contribution < 1.29 is 4.79 Å². The van der Waals surface area contributed by atoms with Crippen LogP contribution in [0.25, 0.3) is 0 Å². The van der Waals surface area contributed by atoms with Crippen LogP contribution in [0, 0.1) is 6.92 Å². The lowest BCUT2D eigenvalue weighted by molar-refractivity contribution is 0.102. The quantitative estimate of drug-likeness (QED) is 0.605. The second-order valence-electron chi connectivity index (χ2n) is 3.66. The minimum absolute atomic E-state index is 0. The molecule has 0 atom stereocenters. The van der Waals surface area contributed by atoms with Gasteiger partial charge in [0.15, 0.2) is 10.9 Å². The van der Waals surface area contributed by atoms with Crippen LogP contribution in [0.4, 0.5) is 5.13 Å². The minimum Gasteiger partial charge on any atom is -0.348 e. The monoisotopic (exact) mass is 368 g/mol. The van der Waals surface area contributed by atoms with Crippen molar-refractivity contribution in [1.29, 1.82) is 0 Å². The maximum absolute atomic E-state index is 11.6. The molecular formula is C10H14Br2N2OS. The van der Waals surface area contributed by atoms with Crippen molar-refractivity contribution in [2.24, 2.45) is 0 Å². The Hall–Kier alpha value is 0.0600. The Morgan fingerprint density at radius 3 is 2.69 bits per heavy atom. The van der Waals surface area contributed by atoms with Crippen LogP contribution in [0.3, 0.4) is 0 Å². The standard InChI is InChI=1S/C10H13BrN2OS.BrH/c1-7-9(8(14)6-11)15-10(12-7)13-4-2-3-5-13;/h2-6H2,1H3;1H. The number of rotatable bonds is 3. The Bertz CT molecular complexity index is 375. The number of thiazole rings is 1. The summed E-state index contributed by atoms with van der Waals surface area (Å²) in [5.74, 6) is 0.135. The van der Waals surface area contributed by atoms with E-state index in [1.165, 1.54) is 24.2 Å². The first-order valence-corrected chi connectivity index (χ1v) is 6.97. The lowest BCUT2D eigenvalue weighted by Crippen LogP contribution is -2.17. The zero-order chi connectivity index (χ0) is 10.8. The van der Waals surface area contributed by atoms with Gasteiger partial charge in [0.05, 0.1) is 15.9 Å². The molecule has 2 heterocycles. The molecule has 1 aromatic heterocycles. The third-order valence-electron chi connectivity index (χ3n) is 2.54. The summed E-state index contributed by atoms with van der Waals surface area (Å²) in [6.45, 7) is 4.07. The summed E-state index contributed by atoms with van der Waals surface area (Å²) in [7, 11) is 0. The highest BCUT2D eigenvalue weighted by molar-refractivity contribution is 9.09. The molecule has 1 saturated heterocycles. The molecule has 16 heavy (non-hydrogen) atoms. The first kappa shape index (κ1) is 14.1. The fourth-order valence-electron chi connectivity index (χ4n) is 1.75. The van der Waals surface area contributed by atoms with E-state index in [0.29, 0.717) is 5.33 Å². The van der Waals surface area contributed by atoms with Gasteiger partial charge in [0, 0.05) is 13.1 Å². The van der Waals surface area contributed by atoms with E-state index >= 15 is 0 Å². The van der Waals surface area contributed by atoms with Gasteiger partial charge in [0.1, 0.15) is 0 Å². The van der Waals surface area contributed by atoms with E-state index in [2.05, 4.69) is 25.8 Å². The zero-order valence-electron chi connectivity index (χ0n) is 9.03. The molecule has 0 N–H and O–H groups in total. The van der Waals surface area contributed by atoms with Crippen molar-refractivity contribution >= 4 is 55.2 Å². The molecule has 90 valence electrons. The molecule has 1 aliphatic rings. The summed E-state index contributed by atoms with van der Waals surface area (Å²) in [5.41, 5.74) is 0.867. The molecule has 0 saturated carbocycles. The molecule has 0 aromatic carbocycles. The number of anilines is 1. The third-order valence-corrected chi connectivity index (χ3v) is 4.31. The number of hydrogen-bond donors (Lipinski definition) is 0. The largest absolute Gasteiger partial charge is 0.348 e. The summed E-state index contributed by atoms with van der Waals surface area (Å²) in [6.07, 6.45) is 2.47. The van der Waals surface area contributed by atoms with Crippen LogP contribution in [0.15, 0.2) is 0 Å². The van der Waals surface area contributed by atoms with Gasteiger partial charge in [-0.1, -0.05) is 27.3 Å². The molecule has 1 aromatic rings. The number of carbonyl (C=O) groups is 1. The Kier molecular flexibility index (Phi) is 5.40. The number of hydrogen-bond acceptors (Lipinski definition) is 4. The van der Waals surface area contributed by atoms with E-state index in [0.717, 1.165) is 28.8 Å². The van der Waals surface area contributed by atoms with Gasteiger partial charge in [-0.3, -0.25) is 4.79 Å². The number of carbonyl (C=O) groups excluding carboxylic acids is 1. The summed E-state index contributed by atoms with van der Waals surface area (Å²) >= 11 is 4.72. The van der Waals surface area contributed by atoms with Gasteiger partial charge in [-0.2, -0.15) is 0 Å². The summed E-state index contributed by atoms with van der Waals surface area (Å²) in [4.78, 5) is 19.1. The van der Waals surface area contributed by atoms with E-state index in [1.807, 2.05) is 6.92 Å². The molecule has 3 nitrogen and oxygen atoms in total. The van der Waals surface area contributed by atoms with Crippen LogP contribution >= 0.6 is 44.2 Å². The van der Waals surface area contributed by atoms with Gasteiger partial charge in [-0.25, -0.2) is 4.98 Å². The van der Waals surface area contributed by atoms with E-state index < -0.39 is 0 Å². The van der Waals surface area contributed by atoms with E-state index in [1.54, 1.807) is 0 Å². The number of Topliss-reactive ketones (excluding diaryl/α,β-unsaturated/α-hetero) is 1. The third kappa shape index (κ3) is 2.84. The van der Waals surface area contributed by atoms with E-state index in [4.69, 9.17) is 0 Å². The van der Waals surface area contributed by atoms with Gasteiger partial charge >= 0.3 is 0 Å². The SMILES string of the molecule is Br.Cc1nc(N2CCCC2)sc1C(=O)CBr. The summed E-state index contributed by atoms with van der Waals surface area (Å²) in [6, 6.07) is 0. The molecule has 0 radical (unpaired) electrons. The second kappa shape index (κ2) is 6.12. The molecule has 0 unspecified atom stereocenters. The number of nitrogens with zero attached hydrogens (tertiary/aromatic N) is 2. The first-order valence-electron chi connectivity index (χ1n) is 5.04. The van der Waals surface area contributed by atoms with Crippen LogP contribution in [0.5, 0.6) is 0 Å². The van der Waals surface area contributed by atoms with Crippen molar-refractivity contribution in [3.05, 3.63) is 10.6 Å². The average Bonchev–Trinajstić information content (AvgIpc) is 2.84. The topological polar surface area (TPSA) is 33.2 Å². The van der Waals surface area contributed by atoms with Gasteiger partial charge < -0.3 is 4.90 Å². The van der Waals surface area contributed by atoms with Crippen LogP contribution in [-0.2, 0) is 0 Å². The van der Waals surface area contributed by atoms with Gasteiger partial charge in [-0.05, 0) is 19.8 Å². The highest BCUT2D eigenvalue weighted by atomic mass is 79.9. The van der Waals surface area contributed by atoms with Crippen LogP contribution < -0.4 is 4.90 Å². The van der Waals surface area contributed by atoms with Crippen molar-refractivity contribution in [1.82, 2.24) is 4.98 Å². The van der Waals surface area contributed by atoms with E-state index in [-0.39, 0.29) is 22.8 Å². The molecule has 0 amide bonds. The zero-order valence-corrected chi connectivity index (χ0v) is 13.1. The molecule has 0 spiro atoms. The molecule has 1 fully saturated rings. The lowest BCUT2D eigenvalue weighted by Gasteiger charge is -2.11. The fraction of sp³-hybridized carbons (Fsp3) is 0.600. The lowest BCUT2D eigenvalue weighted by atomic mass is 10.3. The second-order valence-corrected chi connectivity index (χ2v) is 5.20. The molecule has 2 rings (SSSR count). The number of aryl methyl sites for hydroxylation is 1. The first-order chi connectivity index (χ1) is 7.22. The summed E-state index contributed by atoms with van der Waals surface area (Å²) < 4.78 is 0. The molecule has 0 aliphatic carbocycles. The Balaban J connectivity index is 0.00000128. The van der Waals surface area contributed by atoms with Crippen LogP contribution in [-0.4, -0.2) is 29.2 Å².